The van der Waals surface area contributed by atoms with Gasteiger partial charge in [-0.2, -0.15) is 0 Å². The van der Waals surface area contributed by atoms with E-state index in [2.05, 4.69) is 20.9 Å². The van der Waals surface area contributed by atoms with Crippen LogP contribution in [0, 0.1) is 0 Å². The molecule has 3 aromatic rings. The Kier molecular flexibility index (Phi) is 13.3. The van der Waals surface area contributed by atoms with Crippen molar-refractivity contribution in [2.45, 2.75) is 19.6 Å². The monoisotopic (exact) mass is 528 g/mol. The van der Waals surface area contributed by atoms with Crippen LogP contribution in [0.25, 0.3) is 0 Å². The first-order valence-corrected chi connectivity index (χ1v) is 11.8. The standard InChI is InChI=1S/C27H36N4O3.Zn/c32-25-7-1-4-22(16-25)19-28-10-13-31(14-11-29-20-23-5-2-8-26(33)17-23)15-12-30-21-24-6-3-9-27(34)18-24;/h1-9,16-18,28-30,32-34H,10-15,19-21H2;/q;+2. The van der Waals surface area contributed by atoms with Crippen molar-refractivity contribution < 1.29 is 34.8 Å². The van der Waals surface area contributed by atoms with Gasteiger partial charge in [0.05, 0.1) is 0 Å². The Morgan fingerprint density at radius 3 is 1.11 bits per heavy atom. The Morgan fingerprint density at radius 2 is 0.829 bits per heavy atom. The van der Waals surface area contributed by atoms with Gasteiger partial charge in [-0.3, -0.25) is 4.90 Å². The third-order valence-corrected chi connectivity index (χ3v) is 5.53. The fourth-order valence-corrected chi connectivity index (χ4v) is 3.74. The minimum Gasteiger partial charge on any atom is -0.508 e. The molecule has 7 nitrogen and oxygen atoms in total. The molecule has 8 heteroatoms. The average molecular weight is 530 g/mol. The van der Waals surface area contributed by atoms with E-state index in [1.54, 1.807) is 36.4 Å². The number of rotatable bonds is 15. The van der Waals surface area contributed by atoms with E-state index in [1.807, 2.05) is 36.4 Å². The number of nitrogens with zero attached hydrogens (tertiary/aromatic N) is 1. The Hall–Kier alpha value is -2.48. The maximum Gasteiger partial charge on any atom is 2.00 e. The van der Waals surface area contributed by atoms with Gasteiger partial charge in [-0.05, 0) is 53.1 Å². The summed E-state index contributed by atoms with van der Waals surface area (Å²) in [6, 6.07) is 21.9. The molecular weight excluding hydrogens is 494 g/mol. The van der Waals surface area contributed by atoms with E-state index in [0.717, 1.165) is 56.0 Å². The first kappa shape index (κ1) is 28.8. The fraction of sp³-hybridized carbons (Fsp3) is 0.333. The minimum absolute atomic E-state index is 0. The zero-order valence-electron chi connectivity index (χ0n) is 20.3. The average Bonchev–Trinajstić information content (AvgIpc) is 2.82. The molecule has 0 bridgehead atoms. The topological polar surface area (TPSA) is 100 Å². The summed E-state index contributed by atoms with van der Waals surface area (Å²) in [5.41, 5.74) is 3.19. The largest absolute Gasteiger partial charge is 2.00 e. The van der Waals surface area contributed by atoms with Crippen molar-refractivity contribution in [1.82, 2.24) is 20.9 Å². The van der Waals surface area contributed by atoms with Crippen molar-refractivity contribution in [2.75, 3.05) is 39.3 Å². The number of phenolic OH excluding ortho intramolecular Hbond substituents is 3. The van der Waals surface area contributed by atoms with Crippen molar-refractivity contribution in [3.63, 3.8) is 0 Å². The minimum atomic E-state index is 0. The number of benzene rings is 3. The molecule has 0 aliphatic carbocycles. The van der Waals surface area contributed by atoms with Crippen molar-refractivity contribution in [3.05, 3.63) is 89.5 Å². The van der Waals surface area contributed by atoms with Gasteiger partial charge in [0.15, 0.2) is 0 Å². The summed E-state index contributed by atoms with van der Waals surface area (Å²) in [7, 11) is 0. The van der Waals surface area contributed by atoms with Crippen LogP contribution >= 0.6 is 0 Å². The Balaban J connectivity index is 0.00000432. The second-order valence-corrected chi connectivity index (χ2v) is 8.38. The smallest absolute Gasteiger partial charge is 0.508 e. The molecule has 0 amide bonds. The molecule has 0 saturated carbocycles. The molecule has 0 saturated heterocycles. The molecule has 0 aliphatic rings. The molecular formula is C27H36N4O3Zn+2. The van der Waals surface area contributed by atoms with Gasteiger partial charge in [0.2, 0.25) is 0 Å². The van der Waals surface area contributed by atoms with Gasteiger partial charge in [-0.15, -0.1) is 0 Å². The quantitative estimate of drug-likeness (QED) is 0.133. The van der Waals surface area contributed by atoms with E-state index in [1.165, 1.54) is 0 Å². The first-order chi connectivity index (χ1) is 16.6. The predicted molar refractivity (Wildman–Crippen MR) is 136 cm³/mol. The number of aromatic hydroxyl groups is 3. The van der Waals surface area contributed by atoms with Crippen molar-refractivity contribution in [3.8, 4) is 17.2 Å². The van der Waals surface area contributed by atoms with Crippen LogP contribution in [0.4, 0.5) is 0 Å². The SMILES string of the molecule is Oc1cccc(CNCCN(CCNCc2cccc(O)c2)CCNCc2cccc(O)c2)c1.[Zn+2]. The van der Waals surface area contributed by atoms with Crippen LogP contribution in [0.3, 0.4) is 0 Å². The molecule has 0 aromatic heterocycles. The molecule has 0 aliphatic heterocycles. The summed E-state index contributed by atoms with van der Waals surface area (Å²) in [5, 5.41) is 39.2. The molecule has 0 fully saturated rings. The van der Waals surface area contributed by atoms with Crippen LogP contribution in [0.5, 0.6) is 17.2 Å². The fourth-order valence-electron chi connectivity index (χ4n) is 3.74. The number of nitrogens with one attached hydrogen (secondary N) is 3. The normalized spacial score (nSPS) is 10.9. The van der Waals surface area contributed by atoms with Gasteiger partial charge in [0.1, 0.15) is 17.2 Å². The zero-order valence-corrected chi connectivity index (χ0v) is 23.3. The maximum atomic E-state index is 9.62. The Morgan fingerprint density at radius 1 is 0.514 bits per heavy atom. The predicted octanol–water partition coefficient (Wildman–Crippen LogP) is 2.77. The van der Waals surface area contributed by atoms with Crippen molar-refractivity contribution in [2.24, 2.45) is 0 Å². The molecule has 0 atom stereocenters. The van der Waals surface area contributed by atoms with Gasteiger partial charge >= 0.3 is 19.5 Å². The summed E-state index contributed by atoms with van der Waals surface area (Å²) in [5.74, 6) is 0.865. The van der Waals surface area contributed by atoms with Gasteiger partial charge in [-0.25, -0.2) is 0 Å². The van der Waals surface area contributed by atoms with Crippen molar-refractivity contribution >= 4 is 0 Å². The zero-order chi connectivity index (χ0) is 24.0. The van der Waals surface area contributed by atoms with Crippen LogP contribution in [-0.4, -0.2) is 59.5 Å². The molecule has 0 heterocycles. The first-order valence-electron chi connectivity index (χ1n) is 11.8. The summed E-state index contributed by atoms with van der Waals surface area (Å²) in [4.78, 5) is 2.40. The molecule has 182 valence electrons. The number of hydrogen-bond acceptors (Lipinski definition) is 7. The van der Waals surface area contributed by atoms with E-state index in [9.17, 15) is 15.3 Å². The van der Waals surface area contributed by atoms with E-state index < -0.39 is 0 Å². The van der Waals surface area contributed by atoms with E-state index in [0.29, 0.717) is 19.6 Å². The van der Waals surface area contributed by atoms with Gasteiger partial charge < -0.3 is 31.3 Å². The van der Waals surface area contributed by atoms with E-state index in [-0.39, 0.29) is 36.7 Å². The van der Waals surface area contributed by atoms with Gasteiger partial charge in [-0.1, -0.05) is 36.4 Å². The van der Waals surface area contributed by atoms with Crippen LogP contribution in [0.1, 0.15) is 16.7 Å². The van der Waals surface area contributed by atoms with E-state index >= 15 is 0 Å². The molecule has 0 spiro atoms. The third-order valence-electron chi connectivity index (χ3n) is 5.53. The second-order valence-electron chi connectivity index (χ2n) is 8.38. The number of phenols is 3. The summed E-state index contributed by atoms with van der Waals surface area (Å²) in [6.07, 6.45) is 0. The second kappa shape index (κ2) is 16.2. The van der Waals surface area contributed by atoms with E-state index in [4.69, 9.17) is 0 Å². The number of hydrogen-bond donors (Lipinski definition) is 6. The molecule has 0 radical (unpaired) electrons. The van der Waals surface area contributed by atoms with Gasteiger partial charge in [0.25, 0.3) is 0 Å². The summed E-state index contributed by atoms with van der Waals surface area (Å²) >= 11 is 0. The third kappa shape index (κ3) is 11.7. The van der Waals surface area contributed by atoms with Crippen LogP contribution in [0.2, 0.25) is 0 Å². The Bertz CT molecular complexity index is 878. The van der Waals surface area contributed by atoms with Crippen LogP contribution in [0.15, 0.2) is 72.8 Å². The molecule has 3 aromatic carbocycles. The van der Waals surface area contributed by atoms with Crippen molar-refractivity contribution in [1.29, 1.82) is 0 Å². The Labute approximate surface area is 221 Å². The molecule has 6 N–H and O–H groups in total. The molecule has 3 rings (SSSR count). The molecule has 35 heavy (non-hydrogen) atoms. The van der Waals surface area contributed by atoms with Gasteiger partial charge in [0, 0.05) is 58.9 Å². The summed E-state index contributed by atoms with van der Waals surface area (Å²) in [6.45, 7) is 7.38. The maximum absolute atomic E-state index is 9.62. The van der Waals surface area contributed by atoms with Crippen LogP contribution < -0.4 is 16.0 Å². The van der Waals surface area contributed by atoms with Crippen LogP contribution in [-0.2, 0) is 39.1 Å². The summed E-state index contributed by atoms with van der Waals surface area (Å²) < 4.78 is 0. The molecule has 0 unspecified atom stereocenters.